The fourth-order valence-electron chi connectivity index (χ4n) is 1.87. The smallest absolute Gasteiger partial charge is 0.251 e. The van der Waals surface area contributed by atoms with Crippen LogP contribution in [0.5, 0.6) is 0 Å². The molecule has 2 atom stereocenters. The number of nitrogen functional groups attached to an aromatic ring is 1. The van der Waals surface area contributed by atoms with Gasteiger partial charge in [0.05, 0.1) is 15.7 Å². The van der Waals surface area contributed by atoms with Gasteiger partial charge in [0.2, 0.25) is 0 Å². The van der Waals surface area contributed by atoms with E-state index in [1.165, 1.54) is 0 Å². The third-order valence-corrected chi connectivity index (χ3v) is 3.90. The molecule has 1 saturated carbocycles. The van der Waals surface area contributed by atoms with Crippen molar-refractivity contribution < 1.29 is 4.79 Å². The lowest BCUT2D eigenvalue weighted by Crippen LogP contribution is -2.26. The summed E-state index contributed by atoms with van der Waals surface area (Å²) in [6.07, 6.45) is 2.15. The Morgan fingerprint density at radius 2 is 2.24 bits per heavy atom. The fourth-order valence-corrected chi connectivity index (χ4v) is 2.20. The van der Waals surface area contributed by atoms with Crippen molar-refractivity contribution in [3.63, 3.8) is 0 Å². The zero-order valence-electron chi connectivity index (χ0n) is 9.47. The fraction of sp³-hybridized carbons (Fsp3) is 0.417. The second kappa shape index (κ2) is 4.75. The average molecular weight is 273 g/mol. The van der Waals surface area contributed by atoms with Crippen LogP contribution in [0.1, 0.15) is 30.1 Å². The molecule has 1 amide bonds. The van der Waals surface area contributed by atoms with Gasteiger partial charge in [0.25, 0.3) is 5.91 Å². The van der Waals surface area contributed by atoms with Gasteiger partial charge in [0.1, 0.15) is 0 Å². The molecule has 1 aromatic carbocycles. The topological polar surface area (TPSA) is 55.1 Å². The molecular weight excluding hydrogens is 259 g/mol. The van der Waals surface area contributed by atoms with E-state index < -0.39 is 0 Å². The van der Waals surface area contributed by atoms with Crippen LogP contribution < -0.4 is 11.1 Å². The first-order valence-electron chi connectivity index (χ1n) is 5.58. The first kappa shape index (κ1) is 12.5. The average Bonchev–Trinajstić information content (AvgIpc) is 3.03. The summed E-state index contributed by atoms with van der Waals surface area (Å²) < 4.78 is 0. The van der Waals surface area contributed by atoms with Gasteiger partial charge in [-0.25, -0.2) is 0 Å². The number of rotatable bonds is 3. The molecule has 3 N–H and O–H groups in total. The van der Waals surface area contributed by atoms with Crippen LogP contribution in [-0.2, 0) is 0 Å². The summed E-state index contributed by atoms with van der Waals surface area (Å²) in [5.41, 5.74) is 6.45. The van der Waals surface area contributed by atoms with Crippen molar-refractivity contribution in [3.8, 4) is 0 Å². The molecular formula is C12H14Cl2N2O. The van der Waals surface area contributed by atoms with Crippen molar-refractivity contribution in [3.05, 3.63) is 27.7 Å². The van der Waals surface area contributed by atoms with E-state index in [0.29, 0.717) is 33.3 Å². The Hall–Kier alpha value is -0.930. The molecule has 3 nitrogen and oxygen atoms in total. The predicted octanol–water partition coefficient (Wildman–Crippen LogP) is 3.10. The number of anilines is 1. The molecule has 92 valence electrons. The maximum Gasteiger partial charge on any atom is 0.251 e. The summed E-state index contributed by atoms with van der Waals surface area (Å²) in [5, 5.41) is 3.55. The van der Waals surface area contributed by atoms with Crippen molar-refractivity contribution in [1.82, 2.24) is 5.32 Å². The maximum atomic E-state index is 11.9. The normalized spacial score (nSPS) is 22.3. The summed E-state index contributed by atoms with van der Waals surface area (Å²) in [4.78, 5) is 11.9. The van der Waals surface area contributed by atoms with E-state index in [9.17, 15) is 4.79 Å². The van der Waals surface area contributed by atoms with Gasteiger partial charge in [-0.2, -0.15) is 0 Å². The lowest BCUT2D eigenvalue weighted by Gasteiger charge is -2.07. The predicted molar refractivity (Wildman–Crippen MR) is 70.5 cm³/mol. The highest BCUT2D eigenvalue weighted by Gasteiger charge is 2.36. The van der Waals surface area contributed by atoms with Gasteiger partial charge in [-0.05, 0) is 24.5 Å². The standard InChI is InChI=1S/C12H14Cl2N2O/c1-2-6-5-10(6)16-12(17)7-3-8(13)11(14)9(15)4-7/h3-4,6,10H,2,5,15H2,1H3,(H,16,17). The molecule has 1 aliphatic carbocycles. The lowest BCUT2D eigenvalue weighted by atomic mass is 10.2. The quantitative estimate of drug-likeness (QED) is 0.831. The highest BCUT2D eigenvalue weighted by atomic mass is 35.5. The Kier molecular flexibility index (Phi) is 3.50. The highest BCUT2D eigenvalue weighted by molar-refractivity contribution is 6.43. The highest BCUT2D eigenvalue weighted by Crippen LogP contribution is 2.34. The van der Waals surface area contributed by atoms with Gasteiger partial charge in [-0.15, -0.1) is 0 Å². The molecule has 0 spiro atoms. The van der Waals surface area contributed by atoms with Crippen LogP contribution in [0.4, 0.5) is 5.69 Å². The van der Waals surface area contributed by atoms with Gasteiger partial charge in [0, 0.05) is 11.6 Å². The molecule has 17 heavy (non-hydrogen) atoms. The number of halogens is 2. The zero-order chi connectivity index (χ0) is 12.6. The van der Waals surface area contributed by atoms with E-state index in [1.807, 2.05) is 0 Å². The minimum atomic E-state index is -0.142. The van der Waals surface area contributed by atoms with Crippen LogP contribution in [0.3, 0.4) is 0 Å². The Bertz CT molecular complexity index is 439. The second-order valence-electron chi connectivity index (χ2n) is 4.35. The van der Waals surface area contributed by atoms with E-state index in [1.54, 1.807) is 12.1 Å². The molecule has 0 aromatic heterocycles. The van der Waals surface area contributed by atoms with Crippen LogP contribution in [0.25, 0.3) is 0 Å². The number of hydrogen-bond acceptors (Lipinski definition) is 2. The number of carbonyl (C=O) groups is 1. The molecule has 0 saturated heterocycles. The van der Waals surface area contributed by atoms with Crippen molar-refractivity contribution >= 4 is 34.8 Å². The molecule has 2 rings (SSSR count). The largest absolute Gasteiger partial charge is 0.397 e. The molecule has 5 heteroatoms. The number of hydrogen-bond donors (Lipinski definition) is 2. The van der Waals surface area contributed by atoms with Crippen LogP contribution in [0, 0.1) is 5.92 Å². The summed E-state index contributed by atoms with van der Waals surface area (Å²) in [6.45, 7) is 2.12. The SMILES string of the molecule is CCC1CC1NC(=O)c1cc(N)c(Cl)c(Cl)c1. The second-order valence-corrected chi connectivity index (χ2v) is 5.13. The van der Waals surface area contributed by atoms with Crippen LogP contribution in [0.2, 0.25) is 10.0 Å². The van der Waals surface area contributed by atoms with Crippen molar-refractivity contribution in [2.75, 3.05) is 5.73 Å². The Balaban J connectivity index is 2.09. The molecule has 2 unspecified atom stereocenters. The number of nitrogens with two attached hydrogens (primary N) is 1. The van der Waals surface area contributed by atoms with Crippen molar-refractivity contribution in [2.45, 2.75) is 25.8 Å². The summed E-state index contributed by atoms with van der Waals surface area (Å²) in [7, 11) is 0. The lowest BCUT2D eigenvalue weighted by molar-refractivity contribution is 0.0949. The molecule has 1 fully saturated rings. The molecule has 1 aliphatic rings. The van der Waals surface area contributed by atoms with E-state index in [2.05, 4.69) is 12.2 Å². The van der Waals surface area contributed by atoms with Crippen LogP contribution in [-0.4, -0.2) is 11.9 Å². The number of carbonyl (C=O) groups excluding carboxylic acids is 1. The first-order chi connectivity index (χ1) is 8.02. The minimum Gasteiger partial charge on any atom is -0.397 e. The Morgan fingerprint density at radius 3 is 2.76 bits per heavy atom. The third-order valence-electron chi connectivity index (χ3n) is 3.08. The van der Waals surface area contributed by atoms with E-state index in [-0.39, 0.29) is 5.91 Å². The van der Waals surface area contributed by atoms with Crippen LogP contribution in [0.15, 0.2) is 12.1 Å². The summed E-state index contributed by atoms with van der Waals surface area (Å²) in [5.74, 6) is 0.468. The van der Waals surface area contributed by atoms with Crippen molar-refractivity contribution in [1.29, 1.82) is 0 Å². The van der Waals surface area contributed by atoms with Gasteiger partial charge in [-0.3, -0.25) is 4.79 Å². The number of nitrogens with one attached hydrogen (secondary N) is 1. The van der Waals surface area contributed by atoms with Crippen molar-refractivity contribution in [2.24, 2.45) is 5.92 Å². The van der Waals surface area contributed by atoms with E-state index in [0.717, 1.165) is 12.8 Å². The summed E-state index contributed by atoms with van der Waals surface area (Å²) in [6, 6.07) is 3.38. The molecule has 0 aliphatic heterocycles. The summed E-state index contributed by atoms with van der Waals surface area (Å²) >= 11 is 11.7. The van der Waals surface area contributed by atoms with Gasteiger partial charge in [0.15, 0.2) is 0 Å². The Morgan fingerprint density at radius 1 is 1.53 bits per heavy atom. The monoisotopic (exact) mass is 272 g/mol. The van der Waals surface area contributed by atoms with Gasteiger partial charge < -0.3 is 11.1 Å². The zero-order valence-corrected chi connectivity index (χ0v) is 11.0. The minimum absolute atomic E-state index is 0.142. The Labute approximate surface area is 110 Å². The maximum absolute atomic E-state index is 11.9. The molecule has 1 aromatic rings. The molecule has 0 radical (unpaired) electrons. The van der Waals surface area contributed by atoms with Gasteiger partial charge in [-0.1, -0.05) is 36.5 Å². The van der Waals surface area contributed by atoms with E-state index >= 15 is 0 Å². The molecule has 0 heterocycles. The van der Waals surface area contributed by atoms with E-state index in [4.69, 9.17) is 28.9 Å². The van der Waals surface area contributed by atoms with Gasteiger partial charge >= 0.3 is 0 Å². The first-order valence-corrected chi connectivity index (χ1v) is 6.34. The number of amides is 1. The third kappa shape index (κ3) is 2.67. The van der Waals surface area contributed by atoms with Crippen LogP contribution >= 0.6 is 23.2 Å². The molecule has 0 bridgehead atoms. The number of benzene rings is 1.